The molecule has 3 aromatic carbocycles. The largest absolute Gasteiger partial charge is 0.478 e. The van der Waals surface area contributed by atoms with Gasteiger partial charge in [-0.3, -0.25) is 0 Å². The molecule has 1 heterocycles. The highest BCUT2D eigenvalue weighted by Gasteiger charge is 2.16. The van der Waals surface area contributed by atoms with Crippen LogP contribution in [-0.4, -0.2) is 30.2 Å². The number of H-pyrrole nitrogens is 1. The SMILES string of the molecule is O=C(O)c1ccc(-c2ccc(CCCCS(=O)(=O)c3cc4ccccc4[nH]3)cc2)cc1. The van der Waals surface area contributed by atoms with E-state index in [9.17, 15) is 13.2 Å². The average molecular weight is 434 g/mol. The second-order valence-electron chi connectivity index (χ2n) is 7.58. The van der Waals surface area contributed by atoms with Crippen LogP contribution in [0, 0.1) is 0 Å². The number of carbonyl (C=O) groups is 1. The molecule has 0 spiro atoms. The number of carboxylic acids is 1. The summed E-state index contributed by atoms with van der Waals surface area (Å²) in [7, 11) is -3.33. The third-order valence-corrected chi connectivity index (χ3v) is 7.10. The van der Waals surface area contributed by atoms with E-state index >= 15 is 0 Å². The zero-order valence-electron chi connectivity index (χ0n) is 16.9. The molecule has 0 aliphatic rings. The standard InChI is InChI=1S/C25H23NO4S/c27-25(28)21-14-12-20(13-15-21)19-10-8-18(9-11-19)5-3-4-16-31(29,30)24-17-22-6-1-2-7-23(22)26-24/h1-2,6-15,17,26H,3-5,16H2,(H,27,28). The fourth-order valence-electron chi connectivity index (χ4n) is 3.61. The Labute approximate surface area is 181 Å². The van der Waals surface area contributed by atoms with Crippen LogP contribution in [0.1, 0.15) is 28.8 Å². The molecule has 0 aliphatic heterocycles. The van der Waals surface area contributed by atoms with Crippen molar-refractivity contribution in [3.8, 4) is 11.1 Å². The van der Waals surface area contributed by atoms with E-state index in [-0.39, 0.29) is 16.3 Å². The summed E-state index contributed by atoms with van der Waals surface area (Å²) < 4.78 is 25.2. The molecule has 0 saturated heterocycles. The fraction of sp³-hybridized carbons (Fsp3) is 0.160. The van der Waals surface area contributed by atoms with Gasteiger partial charge in [0.15, 0.2) is 9.84 Å². The lowest BCUT2D eigenvalue weighted by molar-refractivity contribution is 0.0697. The molecule has 6 heteroatoms. The molecule has 158 valence electrons. The van der Waals surface area contributed by atoms with Crippen LogP contribution >= 0.6 is 0 Å². The van der Waals surface area contributed by atoms with Crippen molar-refractivity contribution < 1.29 is 18.3 Å². The Bertz CT molecular complexity index is 1270. The van der Waals surface area contributed by atoms with Gasteiger partial charge in [0.1, 0.15) is 5.03 Å². The number of para-hydroxylation sites is 1. The summed E-state index contributed by atoms with van der Waals surface area (Å²) in [5, 5.41) is 10.2. The van der Waals surface area contributed by atoms with E-state index < -0.39 is 15.8 Å². The molecule has 0 atom stereocenters. The molecule has 0 aliphatic carbocycles. The summed E-state index contributed by atoms with van der Waals surface area (Å²) in [5.74, 6) is -0.818. The summed E-state index contributed by atoms with van der Waals surface area (Å²) in [4.78, 5) is 14.0. The van der Waals surface area contributed by atoms with Gasteiger partial charge in [-0.15, -0.1) is 0 Å². The molecule has 0 bridgehead atoms. The molecular weight excluding hydrogens is 410 g/mol. The van der Waals surface area contributed by atoms with Gasteiger partial charge in [0, 0.05) is 10.9 Å². The zero-order chi connectivity index (χ0) is 21.8. The predicted octanol–water partition coefficient (Wildman–Crippen LogP) is 5.33. The minimum Gasteiger partial charge on any atom is -0.478 e. The van der Waals surface area contributed by atoms with Crippen molar-refractivity contribution in [1.82, 2.24) is 4.98 Å². The zero-order valence-corrected chi connectivity index (χ0v) is 17.7. The highest BCUT2D eigenvalue weighted by Crippen LogP contribution is 2.22. The number of aromatic amines is 1. The van der Waals surface area contributed by atoms with Crippen molar-refractivity contribution in [1.29, 1.82) is 0 Å². The van der Waals surface area contributed by atoms with Gasteiger partial charge in [-0.2, -0.15) is 0 Å². The molecule has 0 unspecified atom stereocenters. The Hall–Kier alpha value is -3.38. The topological polar surface area (TPSA) is 87.2 Å². The lowest BCUT2D eigenvalue weighted by Gasteiger charge is -2.06. The van der Waals surface area contributed by atoms with E-state index in [0.29, 0.717) is 6.42 Å². The second kappa shape index (κ2) is 8.78. The van der Waals surface area contributed by atoms with Crippen LogP contribution in [0.4, 0.5) is 0 Å². The fourth-order valence-corrected chi connectivity index (χ4v) is 4.99. The summed E-state index contributed by atoms with van der Waals surface area (Å²) in [5.41, 5.74) is 4.22. The van der Waals surface area contributed by atoms with Crippen molar-refractivity contribution in [2.24, 2.45) is 0 Å². The maximum atomic E-state index is 12.6. The minimum atomic E-state index is -3.33. The molecule has 5 nitrogen and oxygen atoms in total. The number of benzene rings is 3. The van der Waals surface area contributed by atoms with E-state index in [1.807, 2.05) is 48.5 Å². The van der Waals surface area contributed by atoms with Crippen LogP contribution in [0.2, 0.25) is 0 Å². The smallest absolute Gasteiger partial charge is 0.335 e. The van der Waals surface area contributed by atoms with Crippen LogP contribution < -0.4 is 0 Å². The van der Waals surface area contributed by atoms with Crippen LogP contribution in [0.25, 0.3) is 22.0 Å². The van der Waals surface area contributed by atoms with Crippen molar-refractivity contribution in [3.05, 3.63) is 90.0 Å². The number of aromatic nitrogens is 1. The molecule has 4 aromatic rings. The first-order valence-corrected chi connectivity index (χ1v) is 11.8. The van der Waals surface area contributed by atoms with E-state index in [0.717, 1.165) is 40.4 Å². The van der Waals surface area contributed by atoms with Gasteiger partial charge in [0.05, 0.1) is 11.3 Å². The maximum absolute atomic E-state index is 12.6. The number of hydrogen-bond acceptors (Lipinski definition) is 3. The van der Waals surface area contributed by atoms with E-state index in [1.54, 1.807) is 30.3 Å². The number of carboxylic acid groups (broad SMARTS) is 1. The highest BCUT2D eigenvalue weighted by molar-refractivity contribution is 7.91. The Kier molecular flexibility index (Phi) is 5.91. The molecule has 4 rings (SSSR count). The molecule has 31 heavy (non-hydrogen) atoms. The first-order chi connectivity index (χ1) is 14.9. The van der Waals surface area contributed by atoms with E-state index in [1.165, 1.54) is 0 Å². The predicted molar refractivity (Wildman–Crippen MR) is 122 cm³/mol. The maximum Gasteiger partial charge on any atom is 0.335 e. The first kappa shape index (κ1) is 20.9. The lowest BCUT2D eigenvalue weighted by atomic mass is 10.0. The van der Waals surface area contributed by atoms with Gasteiger partial charge in [-0.1, -0.05) is 54.6 Å². The number of nitrogens with one attached hydrogen (secondary N) is 1. The van der Waals surface area contributed by atoms with E-state index in [2.05, 4.69) is 4.98 Å². The molecule has 0 radical (unpaired) electrons. The van der Waals surface area contributed by atoms with Crippen LogP contribution in [-0.2, 0) is 16.3 Å². The molecule has 0 fully saturated rings. The van der Waals surface area contributed by atoms with Gasteiger partial charge in [-0.25, -0.2) is 13.2 Å². The van der Waals surface area contributed by atoms with Gasteiger partial charge >= 0.3 is 5.97 Å². The summed E-state index contributed by atoms with van der Waals surface area (Å²) in [6, 6.07) is 24.1. The third kappa shape index (κ3) is 4.86. The molecule has 1 aromatic heterocycles. The summed E-state index contributed by atoms with van der Waals surface area (Å²) in [6.45, 7) is 0. The Morgan fingerprint density at radius 3 is 2.13 bits per heavy atom. The molecule has 0 saturated carbocycles. The average Bonchev–Trinajstić information content (AvgIpc) is 3.23. The number of rotatable bonds is 8. The number of sulfone groups is 1. The highest BCUT2D eigenvalue weighted by atomic mass is 32.2. The molecule has 2 N–H and O–H groups in total. The second-order valence-corrected chi connectivity index (χ2v) is 9.65. The Morgan fingerprint density at radius 2 is 1.48 bits per heavy atom. The molecule has 0 amide bonds. The van der Waals surface area contributed by atoms with Gasteiger partial charge < -0.3 is 10.1 Å². The Morgan fingerprint density at radius 1 is 0.839 bits per heavy atom. The Balaban J connectivity index is 1.31. The summed E-state index contributed by atoms with van der Waals surface area (Å²) >= 11 is 0. The van der Waals surface area contributed by atoms with Crippen LogP contribution in [0.5, 0.6) is 0 Å². The lowest BCUT2D eigenvalue weighted by Crippen LogP contribution is -2.07. The number of hydrogen-bond donors (Lipinski definition) is 2. The van der Waals surface area contributed by atoms with Crippen LogP contribution in [0.15, 0.2) is 83.9 Å². The number of unbranched alkanes of at least 4 members (excludes halogenated alkanes) is 1. The summed E-state index contributed by atoms with van der Waals surface area (Å²) in [6.07, 6.45) is 2.18. The molecular formula is C25H23NO4S. The van der Waals surface area contributed by atoms with Crippen molar-refractivity contribution in [3.63, 3.8) is 0 Å². The first-order valence-electron chi connectivity index (χ1n) is 10.2. The van der Waals surface area contributed by atoms with Gasteiger partial charge in [0.25, 0.3) is 0 Å². The number of fused-ring (bicyclic) bond motifs is 1. The minimum absolute atomic E-state index is 0.119. The van der Waals surface area contributed by atoms with Crippen molar-refractivity contribution >= 4 is 26.7 Å². The van der Waals surface area contributed by atoms with Crippen LogP contribution in [0.3, 0.4) is 0 Å². The van der Waals surface area contributed by atoms with Gasteiger partial charge in [-0.05, 0) is 60.2 Å². The third-order valence-electron chi connectivity index (χ3n) is 5.39. The quantitative estimate of drug-likeness (QED) is 0.368. The number of aromatic carboxylic acids is 1. The number of aryl methyl sites for hydroxylation is 1. The monoisotopic (exact) mass is 433 g/mol. The van der Waals surface area contributed by atoms with Gasteiger partial charge in [0.2, 0.25) is 0 Å². The normalized spacial score (nSPS) is 11.6. The van der Waals surface area contributed by atoms with Crippen molar-refractivity contribution in [2.75, 3.05) is 5.75 Å². The van der Waals surface area contributed by atoms with Crippen molar-refractivity contribution in [2.45, 2.75) is 24.3 Å². The van der Waals surface area contributed by atoms with E-state index in [4.69, 9.17) is 5.11 Å².